The number of benzene rings is 1. The number of anilines is 1. The minimum Gasteiger partial charge on any atom is -0.393 e. The Kier molecular flexibility index (Phi) is 2.82. The average Bonchev–Trinajstić information content (AvgIpc) is 2.29. The van der Waals surface area contributed by atoms with Gasteiger partial charge in [0.25, 0.3) is 5.56 Å². The molecule has 3 N–H and O–H groups in total. The molecule has 1 aromatic heterocycles. The van der Waals surface area contributed by atoms with Crippen LogP contribution in [0.1, 0.15) is 11.1 Å². The van der Waals surface area contributed by atoms with Crippen LogP contribution in [0.25, 0.3) is 0 Å². The van der Waals surface area contributed by atoms with Crippen molar-refractivity contribution in [2.24, 2.45) is 0 Å². The van der Waals surface area contributed by atoms with Gasteiger partial charge in [-0.2, -0.15) is 0 Å². The van der Waals surface area contributed by atoms with Crippen molar-refractivity contribution in [2.75, 3.05) is 5.73 Å². The number of rotatable bonds is 2. The van der Waals surface area contributed by atoms with Crippen LogP contribution in [0.3, 0.4) is 0 Å². The summed E-state index contributed by atoms with van der Waals surface area (Å²) < 4.78 is 1.39. The number of aromatic nitrogens is 2. The number of nitrogens with zero attached hydrogens (tertiary/aromatic N) is 1. The number of nitrogens with two attached hydrogens (primary N) is 1. The second-order valence-corrected chi connectivity index (χ2v) is 3.90. The summed E-state index contributed by atoms with van der Waals surface area (Å²) in [6.07, 6.45) is 1.37. The lowest BCUT2D eigenvalue weighted by atomic mass is 10.1. The molecule has 0 aliphatic rings. The molecule has 2 rings (SSSR count). The zero-order valence-electron chi connectivity index (χ0n) is 9.43. The van der Waals surface area contributed by atoms with E-state index < -0.39 is 11.2 Å². The molecule has 0 saturated heterocycles. The first-order valence-corrected chi connectivity index (χ1v) is 5.21. The molecule has 5 heteroatoms. The molecule has 17 heavy (non-hydrogen) atoms. The number of aromatic amines is 1. The van der Waals surface area contributed by atoms with Crippen LogP contribution in [-0.2, 0) is 6.54 Å². The van der Waals surface area contributed by atoms with Gasteiger partial charge in [-0.15, -0.1) is 0 Å². The van der Waals surface area contributed by atoms with Crippen molar-refractivity contribution in [3.8, 4) is 0 Å². The Labute approximate surface area is 97.5 Å². The summed E-state index contributed by atoms with van der Waals surface area (Å²) in [5.41, 5.74) is 6.62. The highest BCUT2D eigenvalue weighted by molar-refractivity contribution is 5.31. The van der Waals surface area contributed by atoms with Gasteiger partial charge in [0.2, 0.25) is 0 Å². The fourth-order valence-electron chi connectivity index (χ4n) is 1.61. The average molecular weight is 231 g/mol. The molecule has 0 saturated carbocycles. The summed E-state index contributed by atoms with van der Waals surface area (Å²) in [4.78, 5) is 24.9. The lowest BCUT2D eigenvalue weighted by molar-refractivity contribution is 0.720. The second-order valence-electron chi connectivity index (χ2n) is 3.90. The van der Waals surface area contributed by atoms with E-state index in [9.17, 15) is 9.59 Å². The molecule has 5 nitrogen and oxygen atoms in total. The van der Waals surface area contributed by atoms with Crippen LogP contribution in [0.2, 0.25) is 0 Å². The molecule has 2 aromatic rings. The van der Waals surface area contributed by atoms with Gasteiger partial charge in [0, 0.05) is 6.20 Å². The summed E-state index contributed by atoms with van der Waals surface area (Å²) in [5.74, 6) is 0. The number of hydrogen-bond acceptors (Lipinski definition) is 3. The molecule has 0 radical (unpaired) electrons. The first-order chi connectivity index (χ1) is 8.08. The van der Waals surface area contributed by atoms with E-state index in [0.717, 1.165) is 11.1 Å². The molecule has 0 atom stereocenters. The smallest absolute Gasteiger partial charge is 0.328 e. The van der Waals surface area contributed by atoms with E-state index in [0.29, 0.717) is 6.54 Å². The van der Waals surface area contributed by atoms with Crippen molar-refractivity contribution in [2.45, 2.75) is 13.5 Å². The Morgan fingerprint density at radius 3 is 2.71 bits per heavy atom. The number of hydrogen-bond donors (Lipinski definition) is 2. The molecule has 1 aromatic carbocycles. The standard InChI is InChI=1S/C12H13N3O2/c1-8-4-2-3-5-9(8)6-15-7-10(13)11(16)14-12(15)17/h2-5,7H,6,13H2,1H3,(H,14,16,17). The zero-order chi connectivity index (χ0) is 12.4. The van der Waals surface area contributed by atoms with E-state index >= 15 is 0 Å². The van der Waals surface area contributed by atoms with Crippen LogP contribution in [0.4, 0.5) is 5.69 Å². The van der Waals surface area contributed by atoms with Gasteiger partial charge in [0.05, 0.1) is 6.54 Å². The number of H-pyrrole nitrogens is 1. The third kappa shape index (κ3) is 2.28. The number of nitrogens with one attached hydrogen (secondary N) is 1. The van der Waals surface area contributed by atoms with Gasteiger partial charge in [0.1, 0.15) is 5.69 Å². The quantitative estimate of drug-likeness (QED) is 0.788. The van der Waals surface area contributed by atoms with Gasteiger partial charge >= 0.3 is 5.69 Å². The first-order valence-electron chi connectivity index (χ1n) is 5.21. The van der Waals surface area contributed by atoms with Crippen LogP contribution in [-0.4, -0.2) is 9.55 Å². The highest BCUT2D eigenvalue weighted by atomic mass is 16.2. The number of nitrogen functional groups attached to an aromatic ring is 1. The van der Waals surface area contributed by atoms with Crippen molar-refractivity contribution < 1.29 is 0 Å². The van der Waals surface area contributed by atoms with Crippen molar-refractivity contribution in [3.63, 3.8) is 0 Å². The van der Waals surface area contributed by atoms with Gasteiger partial charge < -0.3 is 5.73 Å². The molecular formula is C12H13N3O2. The SMILES string of the molecule is Cc1ccccc1Cn1cc(N)c(=O)[nH]c1=O. The van der Waals surface area contributed by atoms with Crippen molar-refractivity contribution in [3.05, 3.63) is 62.4 Å². The molecule has 0 aliphatic carbocycles. The van der Waals surface area contributed by atoms with E-state index in [1.165, 1.54) is 10.8 Å². The Hall–Kier alpha value is -2.30. The Balaban J connectivity index is 2.44. The van der Waals surface area contributed by atoms with E-state index in [1.807, 2.05) is 31.2 Å². The van der Waals surface area contributed by atoms with E-state index in [-0.39, 0.29) is 5.69 Å². The molecule has 88 valence electrons. The van der Waals surface area contributed by atoms with Crippen molar-refractivity contribution >= 4 is 5.69 Å². The third-order valence-electron chi connectivity index (χ3n) is 2.64. The predicted octanol–water partition coefficient (Wildman–Crippen LogP) is 0.476. The normalized spacial score (nSPS) is 10.4. The van der Waals surface area contributed by atoms with Crippen molar-refractivity contribution in [1.29, 1.82) is 0 Å². The van der Waals surface area contributed by atoms with Gasteiger partial charge in [-0.1, -0.05) is 24.3 Å². The lowest BCUT2D eigenvalue weighted by Crippen LogP contribution is -2.31. The molecule has 0 bridgehead atoms. The van der Waals surface area contributed by atoms with Gasteiger partial charge in [0.15, 0.2) is 0 Å². The van der Waals surface area contributed by atoms with Crippen LogP contribution in [0.5, 0.6) is 0 Å². The fourth-order valence-corrected chi connectivity index (χ4v) is 1.61. The third-order valence-corrected chi connectivity index (χ3v) is 2.64. The summed E-state index contributed by atoms with van der Waals surface area (Å²) >= 11 is 0. The monoisotopic (exact) mass is 231 g/mol. The van der Waals surface area contributed by atoms with Crippen molar-refractivity contribution in [1.82, 2.24) is 9.55 Å². The maximum absolute atomic E-state index is 11.6. The number of aryl methyl sites for hydroxylation is 1. The molecule has 0 fully saturated rings. The van der Waals surface area contributed by atoms with E-state index in [2.05, 4.69) is 4.98 Å². The highest BCUT2D eigenvalue weighted by Crippen LogP contribution is 2.07. The lowest BCUT2D eigenvalue weighted by Gasteiger charge is -2.08. The van der Waals surface area contributed by atoms with Crippen LogP contribution in [0, 0.1) is 6.92 Å². The topological polar surface area (TPSA) is 80.9 Å². The Morgan fingerprint density at radius 2 is 2.00 bits per heavy atom. The van der Waals surface area contributed by atoms with Gasteiger partial charge in [-0.05, 0) is 18.1 Å². The first kappa shape index (κ1) is 11.2. The fraction of sp³-hybridized carbons (Fsp3) is 0.167. The molecular weight excluding hydrogens is 218 g/mol. The minimum atomic E-state index is -0.545. The predicted molar refractivity (Wildman–Crippen MR) is 66.0 cm³/mol. The Bertz CT molecular complexity index is 655. The van der Waals surface area contributed by atoms with E-state index in [1.54, 1.807) is 0 Å². The largest absolute Gasteiger partial charge is 0.393 e. The summed E-state index contributed by atoms with van der Waals surface area (Å²) in [6, 6.07) is 7.74. The molecule has 0 amide bonds. The summed E-state index contributed by atoms with van der Waals surface area (Å²) in [5, 5.41) is 0. The maximum Gasteiger partial charge on any atom is 0.328 e. The summed E-state index contributed by atoms with van der Waals surface area (Å²) in [6.45, 7) is 2.36. The minimum absolute atomic E-state index is 0.0400. The van der Waals surface area contributed by atoms with Gasteiger partial charge in [-0.3, -0.25) is 14.3 Å². The second kappa shape index (κ2) is 4.29. The molecule has 1 heterocycles. The highest BCUT2D eigenvalue weighted by Gasteiger charge is 2.03. The molecule has 0 aliphatic heterocycles. The van der Waals surface area contributed by atoms with Crippen LogP contribution in [0.15, 0.2) is 40.1 Å². The maximum atomic E-state index is 11.6. The zero-order valence-corrected chi connectivity index (χ0v) is 9.43. The van der Waals surface area contributed by atoms with Gasteiger partial charge in [-0.25, -0.2) is 4.79 Å². The van der Waals surface area contributed by atoms with Crippen LogP contribution < -0.4 is 17.0 Å². The molecule has 0 spiro atoms. The van der Waals surface area contributed by atoms with Crippen LogP contribution >= 0.6 is 0 Å². The molecule has 0 unspecified atom stereocenters. The van der Waals surface area contributed by atoms with E-state index in [4.69, 9.17) is 5.73 Å². The Morgan fingerprint density at radius 1 is 1.29 bits per heavy atom. The summed E-state index contributed by atoms with van der Waals surface area (Å²) in [7, 11) is 0.